The number of aryl methyl sites for hydroxylation is 1. The molecule has 0 fully saturated rings. The van der Waals surface area contributed by atoms with E-state index in [4.69, 9.17) is 18.9 Å². The van der Waals surface area contributed by atoms with Gasteiger partial charge < -0.3 is 34.7 Å². The highest BCUT2D eigenvalue weighted by molar-refractivity contribution is 6.06. The first-order valence-corrected chi connectivity index (χ1v) is 11.7. The molecule has 11 nitrogen and oxygen atoms in total. The lowest BCUT2D eigenvalue weighted by Gasteiger charge is -2.29. The molecule has 0 saturated heterocycles. The molecule has 1 aromatic heterocycles. The Labute approximate surface area is 215 Å². The number of nitrogens with one attached hydrogen (secondary N) is 2. The lowest BCUT2D eigenvalue weighted by molar-refractivity contribution is -0.113. The number of methoxy groups -OCH3 is 4. The van der Waals surface area contributed by atoms with Gasteiger partial charge >= 0.3 is 0 Å². The summed E-state index contributed by atoms with van der Waals surface area (Å²) in [5.74, 6) is 2.55. The van der Waals surface area contributed by atoms with E-state index in [9.17, 15) is 9.90 Å². The number of benzene rings is 2. The molecule has 196 valence electrons. The number of rotatable bonds is 10. The van der Waals surface area contributed by atoms with Gasteiger partial charge in [0.05, 0.1) is 39.7 Å². The minimum atomic E-state index is -0.671. The van der Waals surface area contributed by atoms with Gasteiger partial charge in [-0.2, -0.15) is 10.1 Å². The third-order valence-corrected chi connectivity index (χ3v) is 6.06. The second-order valence-corrected chi connectivity index (χ2v) is 8.30. The van der Waals surface area contributed by atoms with Gasteiger partial charge in [0.25, 0.3) is 5.91 Å². The molecule has 3 N–H and O–H groups in total. The first-order valence-electron chi connectivity index (χ1n) is 11.7. The van der Waals surface area contributed by atoms with E-state index >= 15 is 0 Å². The molecule has 2 aromatic carbocycles. The van der Waals surface area contributed by atoms with Crippen molar-refractivity contribution >= 4 is 17.5 Å². The predicted octanol–water partition coefficient (Wildman–Crippen LogP) is 3.17. The summed E-state index contributed by atoms with van der Waals surface area (Å²) in [4.78, 5) is 18.4. The fraction of sp³-hybridized carbons (Fsp3) is 0.346. The molecule has 1 unspecified atom stereocenters. The summed E-state index contributed by atoms with van der Waals surface area (Å²) in [6, 6.07) is 10.1. The van der Waals surface area contributed by atoms with Gasteiger partial charge in [-0.15, -0.1) is 0 Å². The molecule has 2 heterocycles. The Balaban J connectivity index is 1.86. The van der Waals surface area contributed by atoms with Crippen LogP contribution in [0.4, 0.5) is 11.6 Å². The highest BCUT2D eigenvalue weighted by atomic mass is 16.5. The van der Waals surface area contributed by atoms with E-state index in [1.54, 1.807) is 36.1 Å². The smallest absolute Gasteiger partial charge is 0.255 e. The van der Waals surface area contributed by atoms with Crippen LogP contribution in [0.3, 0.4) is 0 Å². The highest BCUT2D eigenvalue weighted by Crippen LogP contribution is 2.44. The minimum Gasteiger partial charge on any atom is -0.495 e. The zero-order valence-corrected chi connectivity index (χ0v) is 21.5. The molecule has 0 aliphatic carbocycles. The number of anilines is 2. The second kappa shape index (κ2) is 11.2. The van der Waals surface area contributed by atoms with Gasteiger partial charge in [0.15, 0.2) is 17.3 Å². The number of hydrogen-bond donors (Lipinski definition) is 3. The molecule has 0 spiro atoms. The summed E-state index contributed by atoms with van der Waals surface area (Å²) in [6.07, 6.45) is 1.01. The largest absolute Gasteiger partial charge is 0.495 e. The van der Waals surface area contributed by atoms with Crippen LogP contribution in [0.25, 0.3) is 0 Å². The van der Waals surface area contributed by atoms with Crippen LogP contribution in [-0.4, -0.2) is 60.8 Å². The molecule has 1 aliphatic heterocycles. The van der Waals surface area contributed by atoms with Gasteiger partial charge in [-0.25, -0.2) is 4.68 Å². The lowest BCUT2D eigenvalue weighted by Crippen LogP contribution is -2.31. The van der Waals surface area contributed by atoms with Gasteiger partial charge in [0, 0.05) is 18.7 Å². The van der Waals surface area contributed by atoms with Crippen LogP contribution in [0.15, 0.2) is 47.7 Å². The molecule has 4 rings (SSSR count). The molecule has 1 aliphatic rings. The van der Waals surface area contributed by atoms with Crippen molar-refractivity contribution in [3.05, 3.63) is 59.1 Å². The first kappa shape index (κ1) is 25.8. The maximum absolute atomic E-state index is 13.8. The maximum atomic E-state index is 13.8. The van der Waals surface area contributed by atoms with Gasteiger partial charge in [-0.3, -0.25) is 4.79 Å². The number of carbonyl (C=O) groups is 1. The number of nitrogens with zero attached hydrogens (tertiary/aromatic N) is 3. The lowest BCUT2D eigenvalue weighted by atomic mass is 9.94. The van der Waals surface area contributed by atoms with E-state index in [2.05, 4.69) is 20.7 Å². The Morgan fingerprint density at radius 2 is 1.73 bits per heavy atom. The van der Waals surface area contributed by atoms with Crippen LogP contribution in [0.1, 0.15) is 30.8 Å². The molecular weight excluding hydrogens is 478 g/mol. The fourth-order valence-corrected chi connectivity index (χ4v) is 4.34. The summed E-state index contributed by atoms with van der Waals surface area (Å²) < 4.78 is 23.7. The van der Waals surface area contributed by atoms with Gasteiger partial charge in [0.1, 0.15) is 11.8 Å². The van der Waals surface area contributed by atoms with E-state index < -0.39 is 6.04 Å². The van der Waals surface area contributed by atoms with Gasteiger partial charge in [0.2, 0.25) is 11.7 Å². The Morgan fingerprint density at radius 3 is 2.35 bits per heavy atom. The van der Waals surface area contributed by atoms with E-state index in [-0.39, 0.29) is 12.5 Å². The Morgan fingerprint density at radius 1 is 1.05 bits per heavy atom. The van der Waals surface area contributed by atoms with Crippen molar-refractivity contribution in [3.63, 3.8) is 0 Å². The molecule has 1 atom stereocenters. The molecule has 0 saturated carbocycles. The summed E-state index contributed by atoms with van der Waals surface area (Å²) >= 11 is 0. The molecule has 1 amide bonds. The summed E-state index contributed by atoms with van der Waals surface area (Å²) in [5.41, 5.74) is 2.25. The summed E-state index contributed by atoms with van der Waals surface area (Å²) in [5, 5.41) is 20.1. The molecule has 3 aromatic rings. The van der Waals surface area contributed by atoms with Crippen molar-refractivity contribution in [1.29, 1.82) is 0 Å². The van der Waals surface area contributed by atoms with Crippen molar-refractivity contribution in [2.75, 3.05) is 45.7 Å². The summed E-state index contributed by atoms with van der Waals surface area (Å²) in [6.45, 7) is 1.84. The van der Waals surface area contributed by atoms with Crippen molar-refractivity contribution in [2.45, 2.75) is 25.8 Å². The number of ether oxygens (including phenoxy) is 4. The zero-order chi connectivity index (χ0) is 26.5. The van der Waals surface area contributed by atoms with Crippen LogP contribution >= 0.6 is 0 Å². The normalized spacial score (nSPS) is 14.5. The third kappa shape index (κ3) is 5.03. The number of carbonyl (C=O) groups excluding carboxylic acids is 1. The number of fused-ring (bicyclic) bond motifs is 1. The van der Waals surface area contributed by atoms with Crippen molar-refractivity contribution in [1.82, 2.24) is 14.8 Å². The molecular formula is C26H31N5O6. The van der Waals surface area contributed by atoms with Crippen molar-refractivity contribution in [2.24, 2.45) is 0 Å². The average molecular weight is 510 g/mol. The number of hydrogen-bond acceptors (Lipinski definition) is 9. The SMILES string of the molecule is COc1ccccc1NC(=O)C1=C(C)Nc2nc(CCCO)nn2C1c1cc(OC)c(OC)c(OC)c1. The summed E-state index contributed by atoms with van der Waals surface area (Å²) in [7, 11) is 6.15. The number of allylic oxidation sites excluding steroid dienone is 1. The highest BCUT2D eigenvalue weighted by Gasteiger charge is 2.35. The van der Waals surface area contributed by atoms with Crippen molar-refractivity contribution in [3.8, 4) is 23.0 Å². The maximum Gasteiger partial charge on any atom is 0.255 e. The number of aromatic nitrogens is 3. The number of para-hydroxylation sites is 2. The van der Waals surface area contributed by atoms with E-state index in [0.29, 0.717) is 70.1 Å². The standard InChI is InChI=1S/C26H31N5O6/c1-15-22(25(33)28-17-9-6-7-10-18(17)34-2)23(31-26(27-15)29-21(30-31)11-8-12-32)16-13-19(35-3)24(37-5)20(14-16)36-4/h6-7,9-10,13-14,23,32H,8,11-12H2,1-5H3,(H,28,33)(H,27,29,30). The van der Waals surface area contributed by atoms with Crippen LogP contribution < -0.4 is 29.6 Å². The Hall–Kier alpha value is -4.25. The Kier molecular flexibility index (Phi) is 7.83. The number of amides is 1. The molecule has 0 bridgehead atoms. The van der Waals surface area contributed by atoms with Crippen LogP contribution in [0, 0.1) is 0 Å². The van der Waals surface area contributed by atoms with Gasteiger partial charge in [-0.1, -0.05) is 12.1 Å². The van der Waals surface area contributed by atoms with Crippen LogP contribution in [-0.2, 0) is 11.2 Å². The fourth-order valence-electron chi connectivity index (χ4n) is 4.34. The average Bonchev–Trinajstić information content (AvgIpc) is 3.32. The van der Waals surface area contributed by atoms with Crippen LogP contribution in [0.5, 0.6) is 23.0 Å². The second-order valence-electron chi connectivity index (χ2n) is 8.30. The number of aliphatic hydroxyl groups is 1. The Bertz CT molecular complexity index is 1290. The molecule has 0 radical (unpaired) electrons. The number of aliphatic hydroxyl groups excluding tert-OH is 1. The van der Waals surface area contributed by atoms with Crippen LogP contribution in [0.2, 0.25) is 0 Å². The predicted molar refractivity (Wildman–Crippen MR) is 138 cm³/mol. The minimum absolute atomic E-state index is 0.0252. The monoisotopic (exact) mass is 509 g/mol. The zero-order valence-electron chi connectivity index (χ0n) is 21.5. The topological polar surface area (TPSA) is 129 Å². The first-order chi connectivity index (χ1) is 17.9. The van der Waals surface area contributed by atoms with E-state index in [0.717, 1.165) is 0 Å². The quantitative estimate of drug-likeness (QED) is 0.377. The van der Waals surface area contributed by atoms with Crippen molar-refractivity contribution < 1.29 is 28.8 Å². The molecule has 11 heteroatoms. The molecule has 37 heavy (non-hydrogen) atoms. The van der Waals surface area contributed by atoms with E-state index in [1.807, 2.05) is 19.1 Å². The van der Waals surface area contributed by atoms with E-state index in [1.165, 1.54) is 21.3 Å². The van der Waals surface area contributed by atoms with Gasteiger partial charge in [-0.05, 0) is 43.2 Å². The third-order valence-electron chi connectivity index (χ3n) is 6.06.